The van der Waals surface area contributed by atoms with Crippen LogP contribution in [0.4, 0.5) is 0 Å². The molecule has 6 rings (SSSR count). The van der Waals surface area contributed by atoms with E-state index in [-0.39, 0.29) is 92.3 Å². The zero-order chi connectivity index (χ0) is 47.2. The van der Waals surface area contributed by atoms with Crippen LogP contribution >= 0.6 is 0 Å². The number of halogens is 1. The average Bonchev–Trinajstić information content (AvgIpc) is 3.28. The number of para-hydroxylation sites is 4. The molecule has 0 saturated heterocycles. The van der Waals surface area contributed by atoms with Gasteiger partial charge < -0.3 is 50.3 Å². The van der Waals surface area contributed by atoms with Gasteiger partial charge in [0.15, 0.2) is 0 Å². The molecule has 4 aromatic rings. The van der Waals surface area contributed by atoms with Gasteiger partial charge in [-0.1, -0.05) is 97.2 Å². The van der Waals surface area contributed by atoms with Crippen LogP contribution in [0.25, 0.3) is 0 Å². The van der Waals surface area contributed by atoms with E-state index in [1.807, 2.05) is 27.7 Å². The number of nitrogens with zero attached hydrogens (tertiary/aromatic N) is 4. The minimum atomic E-state index is -4.94. The molecule has 4 atom stereocenters. The Morgan fingerprint density at radius 3 is 0.797 bits per heavy atom. The molecule has 21 heteroatoms. The van der Waals surface area contributed by atoms with E-state index in [0.717, 1.165) is 51.4 Å². The molecule has 5 N–H and O–H groups in total. The van der Waals surface area contributed by atoms with Crippen molar-refractivity contribution in [3.63, 3.8) is 0 Å². The van der Waals surface area contributed by atoms with Crippen molar-refractivity contribution in [1.29, 1.82) is 0 Å². The van der Waals surface area contributed by atoms with Crippen LogP contribution in [0.15, 0.2) is 92.8 Å². The van der Waals surface area contributed by atoms with E-state index in [9.17, 15) is 20.4 Å². The molecule has 0 heterocycles. The van der Waals surface area contributed by atoms with Gasteiger partial charge in [-0.15, -0.1) is 10.2 Å². The minimum Gasteiger partial charge on any atom is -0.870 e. The fraction of sp³-hybridized carbons (Fsp3) is 0.417. The third-order valence-electron chi connectivity index (χ3n) is 10.2. The third kappa shape index (κ3) is 21.3. The molecule has 2 aliphatic rings. The van der Waals surface area contributed by atoms with Gasteiger partial charge in [-0.2, -0.15) is 0 Å². The van der Waals surface area contributed by atoms with Gasteiger partial charge >= 0.3 is 34.1 Å². The zero-order valence-electron chi connectivity index (χ0n) is 38.8. The van der Waals surface area contributed by atoms with E-state index >= 15 is 0 Å². The molecule has 0 bridgehead atoms. The zero-order valence-corrected chi connectivity index (χ0v) is 41.4. The van der Waals surface area contributed by atoms with E-state index in [1.165, 1.54) is 0 Å². The monoisotopic (exact) mass is 1080 g/mol. The normalized spacial score (nSPS) is 17.7. The van der Waals surface area contributed by atoms with Crippen LogP contribution in [0, 0.1) is 10.2 Å². The number of ether oxygens (including phenoxy) is 4. The first-order valence-electron chi connectivity index (χ1n) is 21.7. The van der Waals surface area contributed by atoms with Crippen molar-refractivity contribution in [2.45, 2.75) is 103 Å². The van der Waals surface area contributed by atoms with Crippen LogP contribution in [0.5, 0.6) is 46.0 Å². The number of hydrogen-bond donors (Lipinski definition) is 0. The quantitative estimate of drug-likeness (QED) is 0.0839. The first-order chi connectivity index (χ1) is 31.3. The van der Waals surface area contributed by atoms with Gasteiger partial charge in [0, 0.05) is 24.9 Å². The maximum Gasteiger partial charge on any atom is 2.00 e. The Morgan fingerprint density at radius 2 is 0.623 bits per heavy atom. The first-order valence-corrected chi connectivity index (χ1v) is 23.0. The molecule has 0 spiro atoms. The molecule has 4 aromatic carbocycles. The Hall–Kier alpha value is -4.95. The first kappa shape index (κ1) is 64.0. The minimum absolute atomic E-state index is 0. The van der Waals surface area contributed by atoms with E-state index in [0.29, 0.717) is 71.7 Å². The summed E-state index contributed by atoms with van der Waals surface area (Å²) >= 11 is 0. The van der Waals surface area contributed by atoms with Crippen LogP contribution in [0.1, 0.15) is 101 Å². The van der Waals surface area contributed by atoms with Crippen molar-refractivity contribution in [2.24, 2.45) is 20.0 Å². The summed E-state index contributed by atoms with van der Waals surface area (Å²) in [5.41, 5.74) is 2.06. The van der Waals surface area contributed by atoms with E-state index in [1.54, 1.807) is 97.7 Å². The standard InChI is InChI=1S/2C24H30N2O4.ClHO4.2Cu.2H2O/c2*1-3-29-21-13-7-9-17(23(21)27)15-25-19-11-5-6-12-20(19)26-16-18-10-8-14-22(24(18)28)30-4-2;2-1(3,4)5;;;;/h2*7-10,13-16,19-20,27-28H,3-6,11-12H2,1-2H3;(H,2,3,4,5);;;2*1H2/q;;;2*+2;;/p-4/t2*19-,20-;;;;;/m00...../s1. The van der Waals surface area contributed by atoms with Crippen molar-refractivity contribution in [3.05, 3.63) is 95.1 Å². The maximum absolute atomic E-state index is 12.5. The molecular formula is C48H61ClCu2N4O14. The second kappa shape index (κ2) is 33.6. The molecule has 0 aromatic heterocycles. The van der Waals surface area contributed by atoms with E-state index in [4.69, 9.17) is 37.6 Å². The predicted molar refractivity (Wildman–Crippen MR) is 239 cm³/mol. The molecular weight excluding hydrogens is 1020 g/mol. The van der Waals surface area contributed by atoms with Gasteiger partial charge in [0.2, 0.25) is 0 Å². The van der Waals surface area contributed by atoms with Crippen molar-refractivity contribution in [1.82, 2.24) is 0 Å². The van der Waals surface area contributed by atoms with Crippen molar-refractivity contribution in [3.8, 4) is 46.0 Å². The molecule has 18 nitrogen and oxygen atoms in total. The second-order valence-electron chi connectivity index (χ2n) is 14.8. The molecule has 0 unspecified atom stereocenters. The van der Waals surface area contributed by atoms with Gasteiger partial charge in [-0.3, -0.25) is 20.0 Å². The summed E-state index contributed by atoms with van der Waals surface area (Å²) in [4.78, 5) is 18.7. The largest absolute Gasteiger partial charge is 2.00 e. The molecule has 386 valence electrons. The third-order valence-corrected chi connectivity index (χ3v) is 10.2. The number of hydrogen-bond acceptors (Lipinski definition) is 16. The van der Waals surface area contributed by atoms with Crippen molar-refractivity contribution >= 4 is 24.9 Å². The summed E-state index contributed by atoms with van der Waals surface area (Å²) in [6.45, 7) is 9.18. The smallest absolute Gasteiger partial charge is 0.870 e. The summed E-state index contributed by atoms with van der Waals surface area (Å²) < 4.78 is 55.5. The van der Waals surface area contributed by atoms with Crippen LogP contribution in [-0.4, -0.2) is 80.9 Å². The van der Waals surface area contributed by atoms with E-state index < -0.39 is 10.2 Å². The van der Waals surface area contributed by atoms with Crippen LogP contribution in [-0.2, 0) is 39.6 Å². The summed E-state index contributed by atoms with van der Waals surface area (Å²) in [6.07, 6.45) is 14.5. The fourth-order valence-corrected chi connectivity index (χ4v) is 7.20. The van der Waals surface area contributed by atoms with Gasteiger partial charge in [-0.05, 0) is 99.9 Å². The number of rotatable bonds is 16. The van der Waals surface area contributed by atoms with Crippen molar-refractivity contribution < 1.29 is 113 Å². The SMILES string of the molecule is CCOc1cccc(C=N[C@H]2CCCC[C@@H]2N=Cc2cccc(OCC)c2[O-])c1[O-].CCOc1cccc(C=N[C@H]2CCCC[C@@H]2N=Cc2cccc(OCC)c2[O-])c1[O-].O.[Cu+2].[Cu+2].[O-][Cl+3]([O-])([O-])[O-].[OH3+]. The Morgan fingerprint density at radius 1 is 0.435 bits per heavy atom. The molecule has 0 aliphatic heterocycles. The maximum atomic E-state index is 12.5. The Bertz CT molecular complexity index is 1910. The molecule has 69 heavy (non-hydrogen) atoms. The Labute approximate surface area is 426 Å². The van der Waals surface area contributed by atoms with Crippen LogP contribution in [0.2, 0.25) is 0 Å². The average molecular weight is 1080 g/mol. The van der Waals surface area contributed by atoms with E-state index in [2.05, 4.69) is 20.0 Å². The molecule has 2 radical (unpaired) electrons. The van der Waals surface area contributed by atoms with Crippen LogP contribution < -0.4 is 58.0 Å². The summed E-state index contributed by atoms with van der Waals surface area (Å²) in [5, 5.41) is 49.8. The van der Waals surface area contributed by atoms with Gasteiger partial charge in [0.25, 0.3) is 0 Å². The Balaban J connectivity index is 0.00000116. The van der Waals surface area contributed by atoms with Gasteiger partial charge in [0.1, 0.15) is 23.0 Å². The summed E-state index contributed by atoms with van der Waals surface area (Å²) in [6, 6.07) is 20.8. The predicted octanol–water partition coefficient (Wildman–Crippen LogP) is 0.453. The molecule has 2 saturated carbocycles. The van der Waals surface area contributed by atoms with Gasteiger partial charge in [-0.25, -0.2) is 18.6 Å². The Kier molecular flexibility index (Phi) is 31.2. The molecule has 2 aliphatic carbocycles. The molecule has 2 fully saturated rings. The second-order valence-corrected chi connectivity index (χ2v) is 15.5. The summed E-state index contributed by atoms with van der Waals surface area (Å²) in [7, 11) is -4.94. The number of aliphatic imine (C=N–C) groups is 4. The van der Waals surface area contributed by atoms with Crippen molar-refractivity contribution in [2.75, 3.05) is 26.4 Å². The summed E-state index contributed by atoms with van der Waals surface area (Å²) in [5.74, 6) is 0.776. The molecule has 0 amide bonds. The topological polar surface area (TPSA) is 335 Å². The van der Waals surface area contributed by atoms with Gasteiger partial charge in [0.05, 0.1) is 50.6 Å². The fourth-order valence-electron chi connectivity index (χ4n) is 7.20. The van der Waals surface area contributed by atoms with Crippen LogP contribution in [0.3, 0.4) is 0 Å². The number of benzene rings is 4.